The number of nitrogens with one attached hydrogen (secondary N) is 2. The van der Waals surface area contributed by atoms with Crippen LogP contribution in [0, 0.1) is 6.92 Å². The lowest BCUT2D eigenvalue weighted by Crippen LogP contribution is -2.36. The molecule has 2 N–H and O–H groups in total. The minimum Gasteiger partial charge on any atom is -0.353 e. The average Bonchev–Trinajstić information content (AvgIpc) is 3.02. The fourth-order valence-electron chi connectivity index (χ4n) is 2.36. The van der Waals surface area contributed by atoms with Crippen LogP contribution in [-0.2, 0) is 24.2 Å². The third kappa shape index (κ3) is 4.77. The molecule has 1 atom stereocenters. The van der Waals surface area contributed by atoms with Crippen molar-refractivity contribution in [2.75, 3.05) is 0 Å². The second-order valence-electron chi connectivity index (χ2n) is 5.63. The molecule has 7 heteroatoms. The van der Waals surface area contributed by atoms with Crippen LogP contribution in [0.3, 0.4) is 0 Å². The summed E-state index contributed by atoms with van der Waals surface area (Å²) in [6.45, 7) is 6.36. The van der Waals surface area contributed by atoms with Crippen LogP contribution in [-0.4, -0.2) is 31.7 Å². The van der Waals surface area contributed by atoms with Gasteiger partial charge >= 0.3 is 0 Å². The summed E-state index contributed by atoms with van der Waals surface area (Å²) in [7, 11) is 0. The molecule has 1 unspecified atom stereocenters. The molecule has 2 aromatic rings. The Bertz CT molecular complexity index is 706. The van der Waals surface area contributed by atoms with E-state index >= 15 is 0 Å². The maximum atomic E-state index is 12.1. The number of rotatable bonds is 7. The van der Waals surface area contributed by atoms with Crippen molar-refractivity contribution in [2.24, 2.45) is 0 Å². The fourth-order valence-corrected chi connectivity index (χ4v) is 2.36. The average molecular weight is 317 g/mol. The van der Waals surface area contributed by atoms with Gasteiger partial charge in [-0.1, -0.05) is 6.92 Å². The monoisotopic (exact) mass is 317 g/mol. The van der Waals surface area contributed by atoms with E-state index in [1.165, 1.54) is 0 Å². The number of aryl methyl sites for hydroxylation is 3. The van der Waals surface area contributed by atoms with Gasteiger partial charge in [-0.05, 0) is 26.3 Å². The van der Waals surface area contributed by atoms with Crippen LogP contribution in [0.5, 0.6) is 0 Å². The summed E-state index contributed by atoms with van der Waals surface area (Å²) in [4.78, 5) is 31.2. The minimum absolute atomic E-state index is 0.00830. The first-order chi connectivity index (χ1) is 11.0. The van der Waals surface area contributed by atoms with Crippen LogP contribution in [0.4, 0.5) is 0 Å². The van der Waals surface area contributed by atoms with E-state index in [9.17, 15) is 9.59 Å². The van der Waals surface area contributed by atoms with E-state index in [1.54, 1.807) is 13.1 Å². The van der Waals surface area contributed by atoms with E-state index in [-0.39, 0.29) is 23.9 Å². The van der Waals surface area contributed by atoms with Gasteiger partial charge in [-0.25, -0.2) is 4.98 Å². The second-order valence-corrected chi connectivity index (χ2v) is 5.63. The normalized spacial score (nSPS) is 12.1. The zero-order valence-electron chi connectivity index (χ0n) is 13.8. The Morgan fingerprint density at radius 1 is 1.48 bits per heavy atom. The summed E-state index contributed by atoms with van der Waals surface area (Å²) in [6, 6.07) is 1.87. The Morgan fingerprint density at radius 2 is 2.26 bits per heavy atom. The zero-order chi connectivity index (χ0) is 16.8. The van der Waals surface area contributed by atoms with Crippen molar-refractivity contribution in [3.63, 3.8) is 0 Å². The van der Waals surface area contributed by atoms with Crippen molar-refractivity contribution in [1.82, 2.24) is 25.1 Å². The molecule has 0 saturated heterocycles. The molecule has 1 amide bonds. The summed E-state index contributed by atoms with van der Waals surface area (Å²) >= 11 is 0. The highest BCUT2D eigenvalue weighted by Gasteiger charge is 2.14. The van der Waals surface area contributed by atoms with Crippen molar-refractivity contribution >= 4 is 5.91 Å². The van der Waals surface area contributed by atoms with E-state index in [0.717, 1.165) is 13.0 Å². The van der Waals surface area contributed by atoms with Crippen LogP contribution in [0.2, 0.25) is 0 Å². The molecular weight excluding hydrogens is 294 g/mol. The summed E-state index contributed by atoms with van der Waals surface area (Å²) < 4.78 is 1.82. The van der Waals surface area contributed by atoms with Crippen molar-refractivity contribution in [1.29, 1.82) is 0 Å². The van der Waals surface area contributed by atoms with Gasteiger partial charge < -0.3 is 10.3 Å². The van der Waals surface area contributed by atoms with Crippen LogP contribution >= 0.6 is 0 Å². The molecule has 0 bridgehead atoms. The number of hydrogen-bond donors (Lipinski definition) is 2. The standard InChI is InChI=1S/C16H23N5O2/c1-4-14-19-12(3)13(16(23)20-14)10-15(22)18-11(2)6-9-21-8-5-7-17-21/h5,7-8,11H,4,6,9-10H2,1-3H3,(H,18,22)(H,19,20,23). The highest BCUT2D eigenvalue weighted by atomic mass is 16.2. The van der Waals surface area contributed by atoms with Crippen LogP contribution in [0.25, 0.3) is 0 Å². The van der Waals surface area contributed by atoms with E-state index in [0.29, 0.717) is 23.5 Å². The van der Waals surface area contributed by atoms with Gasteiger partial charge in [-0.2, -0.15) is 5.10 Å². The van der Waals surface area contributed by atoms with Gasteiger partial charge in [-0.15, -0.1) is 0 Å². The molecule has 0 aliphatic carbocycles. The quantitative estimate of drug-likeness (QED) is 0.796. The van der Waals surface area contributed by atoms with E-state index in [4.69, 9.17) is 0 Å². The maximum Gasteiger partial charge on any atom is 0.254 e. The zero-order valence-corrected chi connectivity index (χ0v) is 13.8. The summed E-state index contributed by atoms with van der Waals surface area (Å²) in [5, 5.41) is 7.04. The van der Waals surface area contributed by atoms with Crippen LogP contribution < -0.4 is 10.9 Å². The topological polar surface area (TPSA) is 92.7 Å². The third-order valence-electron chi connectivity index (χ3n) is 3.70. The highest BCUT2D eigenvalue weighted by Crippen LogP contribution is 2.02. The molecule has 23 heavy (non-hydrogen) atoms. The van der Waals surface area contributed by atoms with Crippen molar-refractivity contribution in [3.05, 3.63) is 45.9 Å². The number of carbonyl (C=O) groups excluding carboxylic acids is 1. The summed E-state index contributed by atoms with van der Waals surface area (Å²) in [5.74, 6) is 0.474. The van der Waals surface area contributed by atoms with Gasteiger partial charge in [-0.3, -0.25) is 14.3 Å². The Morgan fingerprint density at radius 3 is 2.87 bits per heavy atom. The molecule has 2 rings (SSSR count). The smallest absolute Gasteiger partial charge is 0.254 e. The van der Waals surface area contributed by atoms with Gasteiger partial charge in [0, 0.05) is 42.7 Å². The largest absolute Gasteiger partial charge is 0.353 e. The Labute approximate surface area is 135 Å². The number of carbonyl (C=O) groups is 1. The molecule has 0 aliphatic rings. The van der Waals surface area contributed by atoms with Gasteiger partial charge in [0.2, 0.25) is 5.91 Å². The van der Waals surface area contributed by atoms with Gasteiger partial charge in [0.05, 0.1) is 6.42 Å². The summed E-state index contributed by atoms with van der Waals surface area (Å²) in [5.41, 5.74) is 0.817. The predicted octanol–water partition coefficient (Wildman–Crippen LogP) is 0.975. The maximum absolute atomic E-state index is 12.1. The van der Waals surface area contributed by atoms with Gasteiger partial charge in [0.1, 0.15) is 5.82 Å². The molecule has 124 valence electrons. The number of amides is 1. The van der Waals surface area contributed by atoms with Crippen LogP contribution in [0.1, 0.15) is 37.4 Å². The van der Waals surface area contributed by atoms with Crippen molar-refractivity contribution in [3.8, 4) is 0 Å². The lowest BCUT2D eigenvalue weighted by Gasteiger charge is -2.14. The van der Waals surface area contributed by atoms with E-state index < -0.39 is 0 Å². The Kier molecular flexibility index (Phi) is 5.67. The molecule has 0 saturated carbocycles. The molecule has 0 aromatic carbocycles. The Balaban J connectivity index is 1.90. The minimum atomic E-state index is -0.228. The number of hydrogen-bond acceptors (Lipinski definition) is 4. The molecule has 2 heterocycles. The van der Waals surface area contributed by atoms with Gasteiger partial charge in [0.25, 0.3) is 5.56 Å². The third-order valence-corrected chi connectivity index (χ3v) is 3.70. The lowest BCUT2D eigenvalue weighted by atomic mass is 10.1. The first-order valence-corrected chi connectivity index (χ1v) is 7.85. The van der Waals surface area contributed by atoms with Gasteiger partial charge in [0.15, 0.2) is 0 Å². The molecule has 0 spiro atoms. The number of aromatic nitrogens is 4. The molecule has 2 aromatic heterocycles. The molecule has 7 nitrogen and oxygen atoms in total. The number of H-pyrrole nitrogens is 1. The number of aromatic amines is 1. The van der Waals surface area contributed by atoms with E-state index in [1.807, 2.05) is 30.8 Å². The number of nitrogens with zero attached hydrogens (tertiary/aromatic N) is 3. The SMILES string of the molecule is CCc1nc(C)c(CC(=O)NC(C)CCn2cccn2)c(=O)[nH]1. The van der Waals surface area contributed by atoms with Crippen LogP contribution in [0.15, 0.2) is 23.3 Å². The Hall–Kier alpha value is -2.44. The first-order valence-electron chi connectivity index (χ1n) is 7.85. The lowest BCUT2D eigenvalue weighted by molar-refractivity contribution is -0.121. The second kappa shape index (κ2) is 7.71. The summed E-state index contributed by atoms with van der Waals surface area (Å²) in [6.07, 6.45) is 5.09. The van der Waals surface area contributed by atoms with Crippen molar-refractivity contribution in [2.45, 2.75) is 52.6 Å². The molecule has 0 radical (unpaired) electrons. The van der Waals surface area contributed by atoms with E-state index in [2.05, 4.69) is 20.4 Å². The molecule has 0 fully saturated rings. The predicted molar refractivity (Wildman–Crippen MR) is 87.1 cm³/mol. The first kappa shape index (κ1) is 16.9. The molecular formula is C16H23N5O2. The van der Waals surface area contributed by atoms with Crippen molar-refractivity contribution < 1.29 is 4.79 Å². The highest BCUT2D eigenvalue weighted by molar-refractivity contribution is 5.78. The fraction of sp³-hybridized carbons (Fsp3) is 0.500. The molecule has 0 aliphatic heterocycles.